The van der Waals surface area contributed by atoms with Crippen molar-refractivity contribution in [1.82, 2.24) is 23.9 Å². The van der Waals surface area contributed by atoms with Crippen molar-refractivity contribution < 1.29 is 37.4 Å². The number of nitrogens with one attached hydrogen (secondary N) is 1. The van der Waals surface area contributed by atoms with Crippen molar-refractivity contribution in [2.24, 2.45) is 0 Å². The lowest BCUT2D eigenvalue weighted by atomic mass is 9.80. The van der Waals surface area contributed by atoms with Gasteiger partial charge in [0.05, 0.1) is 27.2 Å². The fraction of sp³-hybridized carbons (Fsp3) is 0.405. The van der Waals surface area contributed by atoms with E-state index in [0.717, 1.165) is 16.7 Å². The van der Waals surface area contributed by atoms with Crippen LogP contribution in [0.25, 0.3) is 16.9 Å². The van der Waals surface area contributed by atoms with Crippen molar-refractivity contribution >= 4 is 33.5 Å². The lowest BCUT2D eigenvalue weighted by molar-refractivity contribution is -0.0921. The number of fused-ring (bicyclic) bond motifs is 3. The maximum Gasteiger partial charge on any atom is 0.317 e. The van der Waals surface area contributed by atoms with E-state index in [1.165, 1.54) is 6.33 Å². The Bertz CT molecular complexity index is 2330. The fourth-order valence-corrected chi connectivity index (χ4v) is 15.1. The average molecular weight is 830 g/mol. The van der Waals surface area contributed by atoms with Gasteiger partial charge >= 0.3 is 8.25 Å². The normalized spacial score (nSPS) is 19.5. The van der Waals surface area contributed by atoms with Gasteiger partial charge < -0.3 is 32.8 Å². The standard InChI is InChI=1S/C42H52N5O9PSi/c1-26(2)58(27(3)4,28(5)6)56-37-36(55-57(49)50)34(54-40(37)47-25-44-35-38(48)45-41-43-22-23-46(41)39(35)47)24-53-42(29-12-10-9-11-13-29,30-14-18-32(51-7)19-15-30)31-16-20-33(52-8)21-17-31/h9-23,25-28,34,36-37,40,57H,24H2,1-8H3,(H,49,50)(H,43,45,48)/t34-,36-,37-,40-/m1/s1. The molecule has 0 bridgehead atoms. The molecule has 0 radical (unpaired) electrons. The van der Waals surface area contributed by atoms with Crippen LogP contribution < -0.4 is 15.0 Å². The molecule has 0 saturated carbocycles. The molecule has 1 unspecified atom stereocenters. The third-order valence-electron chi connectivity index (χ3n) is 11.6. The summed E-state index contributed by atoms with van der Waals surface area (Å²) in [5.41, 5.74) is 1.82. The minimum atomic E-state index is -3.56. The van der Waals surface area contributed by atoms with Gasteiger partial charge in [-0.05, 0) is 57.6 Å². The van der Waals surface area contributed by atoms with Crippen molar-refractivity contribution in [3.8, 4) is 11.5 Å². The molecule has 0 spiro atoms. The number of benzene rings is 3. The maximum absolute atomic E-state index is 13.3. The number of rotatable bonds is 16. The highest BCUT2D eigenvalue weighted by Gasteiger charge is 2.56. The van der Waals surface area contributed by atoms with Crippen LogP contribution in [0.15, 0.2) is 102 Å². The number of H-pyrrole nitrogens is 1. The highest BCUT2D eigenvalue weighted by molar-refractivity contribution is 7.32. The molecule has 0 aliphatic carbocycles. The largest absolute Gasteiger partial charge is 0.497 e. The smallest absolute Gasteiger partial charge is 0.317 e. The van der Waals surface area contributed by atoms with Crippen LogP contribution in [0.2, 0.25) is 16.6 Å². The first-order valence-corrected chi connectivity index (χ1v) is 22.9. The van der Waals surface area contributed by atoms with Crippen molar-refractivity contribution in [3.05, 3.63) is 125 Å². The number of ether oxygens (including phenoxy) is 4. The van der Waals surface area contributed by atoms with Gasteiger partial charge in [0.25, 0.3) is 5.56 Å². The van der Waals surface area contributed by atoms with Crippen LogP contribution in [-0.4, -0.2) is 76.3 Å². The van der Waals surface area contributed by atoms with Crippen LogP contribution in [0.1, 0.15) is 64.5 Å². The molecule has 2 N–H and O–H groups in total. The van der Waals surface area contributed by atoms with Gasteiger partial charge in [-0.25, -0.2) is 9.97 Å². The fourth-order valence-electron chi connectivity index (χ4n) is 9.04. The van der Waals surface area contributed by atoms with Gasteiger partial charge in [-0.15, -0.1) is 0 Å². The molecule has 7 rings (SSSR count). The van der Waals surface area contributed by atoms with E-state index in [1.54, 1.807) is 35.6 Å². The summed E-state index contributed by atoms with van der Waals surface area (Å²) in [5, 5.41) is 0. The second-order valence-electron chi connectivity index (χ2n) is 15.5. The van der Waals surface area contributed by atoms with Gasteiger partial charge in [-0.2, -0.15) is 0 Å². The molecule has 1 aliphatic heterocycles. The van der Waals surface area contributed by atoms with E-state index in [4.69, 9.17) is 27.9 Å². The molecule has 1 aliphatic rings. The van der Waals surface area contributed by atoms with E-state index in [2.05, 4.69) is 56.5 Å². The van der Waals surface area contributed by atoms with Crippen molar-refractivity contribution in [3.63, 3.8) is 0 Å². The molecule has 4 heterocycles. The van der Waals surface area contributed by atoms with Crippen LogP contribution in [0.5, 0.6) is 11.5 Å². The van der Waals surface area contributed by atoms with Gasteiger partial charge in [-0.1, -0.05) is 96.1 Å². The molecule has 3 aromatic heterocycles. The molecule has 0 amide bonds. The van der Waals surface area contributed by atoms with E-state index >= 15 is 0 Å². The lowest BCUT2D eigenvalue weighted by Crippen LogP contribution is -2.53. The zero-order valence-electron chi connectivity index (χ0n) is 34.0. The topological polar surface area (TPSA) is 161 Å². The van der Waals surface area contributed by atoms with Gasteiger partial charge in [0.15, 0.2) is 17.4 Å². The predicted octanol–water partition coefficient (Wildman–Crippen LogP) is 7.62. The number of hydrogen-bond acceptors (Lipinski definition) is 10. The Hall–Kier alpha value is -4.60. The molecule has 6 aromatic rings. The van der Waals surface area contributed by atoms with E-state index in [9.17, 15) is 14.3 Å². The highest BCUT2D eigenvalue weighted by atomic mass is 31.1. The number of nitrogens with zero attached hydrogens (tertiary/aromatic N) is 4. The Morgan fingerprint density at radius 3 is 1.95 bits per heavy atom. The van der Waals surface area contributed by atoms with Crippen molar-refractivity contribution in [2.75, 3.05) is 20.8 Å². The zero-order valence-corrected chi connectivity index (χ0v) is 36.0. The summed E-state index contributed by atoms with van der Waals surface area (Å²) in [5.74, 6) is 1.68. The Morgan fingerprint density at radius 1 is 0.845 bits per heavy atom. The quantitative estimate of drug-likeness (QED) is 0.0561. The number of aromatic amines is 1. The van der Waals surface area contributed by atoms with Crippen LogP contribution >= 0.6 is 8.25 Å². The van der Waals surface area contributed by atoms with E-state index in [1.807, 2.05) is 78.9 Å². The predicted molar refractivity (Wildman–Crippen MR) is 223 cm³/mol. The maximum atomic E-state index is 13.3. The molecule has 14 nitrogen and oxygen atoms in total. The summed E-state index contributed by atoms with van der Waals surface area (Å²) in [7, 11) is -3.07. The highest BCUT2D eigenvalue weighted by Crippen LogP contribution is 2.49. The summed E-state index contributed by atoms with van der Waals surface area (Å²) in [6, 6.07) is 25.2. The summed E-state index contributed by atoms with van der Waals surface area (Å²) in [6.45, 7) is 12.9. The molecule has 5 atom stereocenters. The average Bonchev–Trinajstić information content (AvgIpc) is 3.95. The van der Waals surface area contributed by atoms with Crippen molar-refractivity contribution in [2.45, 2.75) is 88.3 Å². The number of imidazole rings is 2. The molecule has 3 aromatic carbocycles. The first kappa shape index (κ1) is 41.6. The van der Waals surface area contributed by atoms with Crippen LogP contribution in [0.4, 0.5) is 0 Å². The second-order valence-corrected chi connectivity index (χ2v) is 21.7. The molecule has 1 fully saturated rings. The zero-order chi connectivity index (χ0) is 41.4. The van der Waals surface area contributed by atoms with Crippen LogP contribution in [-0.2, 0) is 28.6 Å². The third-order valence-corrected chi connectivity index (χ3v) is 18.1. The molecular weight excluding hydrogens is 778 g/mol. The van der Waals surface area contributed by atoms with Crippen LogP contribution in [0, 0.1) is 0 Å². The van der Waals surface area contributed by atoms with Gasteiger partial charge in [-0.3, -0.25) is 23.3 Å². The summed E-state index contributed by atoms with van der Waals surface area (Å²) >= 11 is 0. The van der Waals surface area contributed by atoms with E-state index < -0.39 is 52.3 Å². The molecular formula is C42H52N5O9PSi. The first-order chi connectivity index (χ1) is 27.8. The third kappa shape index (κ3) is 7.34. The molecule has 16 heteroatoms. The minimum absolute atomic E-state index is 0.115. The second kappa shape index (κ2) is 16.9. The summed E-state index contributed by atoms with van der Waals surface area (Å²) in [4.78, 5) is 35.5. The SMILES string of the molecule is COc1ccc(C(OC[C@H]2O[C@@H](n3cnc4c(=O)[nH]c5nccn5c43)[C@H](O[Si](C(C)C)(C(C)C)C(C)C)[C@@H]2O[PH](=O)O)(c2ccccc2)c2ccc(OC)cc2)cc1. The summed E-state index contributed by atoms with van der Waals surface area (Å²) in [6.07, 6.45) is 0.932. The first-order valence-electron chi connectivity index (χ1n) is 19.5. The summed E-state index contributed by atoms with van der Waals surface area (Å²) < 4.78 is 55.3. The Morgan fingerprint density at radius 2 is 1.41 bits per heavy atom. The number of hydrogen-bond donors (Lipinski definition) is 2. The Kier molecular flexibility index (Phi) is 12.1. The van der Waals surface area contributed by atoms with E-state index in [-0.39, 0.29) is 28.7 Å². The Labute approximate surface area is 339 Å². The van der Waals surface area contributed by atoms with Crippen molar-refractivity contribution in [1.29, 1.82) is 0 Å². The minimum Gasteiger partial charge on any atom is -0.497 e. The monoisotopic (exact) mass is 829 g/mol. The van der Waals surface area contributed by atoms with E-state index in [0.29, 0.717) is 22.9 Å². The molecule has 1 saturated heterocycles. The van der Waals surface area contributed by atoms with Crippen LogP contribution in [0.3, 0.4) is 0 Å². The lowest BCUT2D eigenvalue weighted by Gasteiger charge is -2.45. The van der Waals surface area contributed by atoms with Gasteiger partial charge in [0.1, 0.15) is 35.4 Å². The number of aromatic nitrogens is 5. The molecule has 58 heavy (non-hydrogen) atoms. The van der Waals surface area contributed by atoms with Gasteiger partial charge in [0.2, 0.25) is 14.1 Å². The van der Waals surface area contributed by atoms with Gasteiger partial charge in [0, 0.05) is 12.4 Å². The molecule has 308 valence electrons. The Balaban J connectivity index is 1.41. The number of methoxy groups -OCH3 is 2.